The van der Waals surface area contributed by atoms with E-state index in [4.69, 9.17) is 21.3 Å². The molecular formula is C25H25ClN2O. The molecule has 0 saturated heterocycles. The van der Waals surface area contributed by atoms with Crippen LogP contribution < -0.4 is 4.74 Å². The molecule has 4 rings (SSSR count). The van der Waals surface area contributed by atoms with Gasteiger partial charge in [-0.25, -0.2) is 4.98 Å². The van der Waals surface area contributed by atoms with Crippen molar-refractivity contribution in [2.75, 3.05) is 6.61 Å². The highest BCUT2D eigenvalue weighted by molar-refractivity contribution is 6.30. The molecule has 0 radical (unpaired) electrons. The largest absolute Gasteiger partial charge is 0.493 e. The third-order valence-electron chi connectivity index (χ3n) is 5.19. The fourth-order valence-corrected chi connectivity index (χ4v) is 3.84. The van der Waals surface area contributed by atoms with Gasteiger partial charge in [-0.1, -0.05) is 54.1 Å². The Bertz CT molecular complexity index is 1100. The van der Waals surface area contributed by atoms with Gasteiger partial charge in [-0.2, -0.15) is 0 Å². The molecule has 3 aromatic carbocycles. The van der Waals surface area contributed by atoms with E-state index < -0.39 is 0 Å². The lowest BCUT2D eigenvalue weighted by molar-refractivity contribution is 0.298. The first-order valence-electron chi connectivity index (χ1n) is 9.99. The zero-order valence-electron chi connectivity index (χ0n) is 16.9. The second kappa shape index (κ2) is 8.71. The molecule has 4 aromatic rings. The minimum absolute atomic E-state index is 0.679. The van der Waals surface area contributed by atoms with Crippen LogP contribution in [0.5, 0.6) is 5.75 Å². The van der Waals surface area contributed by atoms with Crippen LogP contribution in [0.4, 0.5) is 0 Å². The summed E-state index contributed by atoms with van der Waals surface area (Å²) in [6.07, 6.45) is 1.70. The molecular weight excluding hydrogens is 380 g/mol. The summed E-state index contributed by atoms with van der Waals surface area (Å²) in [7, 11) is 0. The number of fused-ring (bicyclic) bond motifs is 1. The summed E-state index contributed by atoms with van der Waals surface area (Å²) in [4.78, 5) is 4.88. The van der Waals surface area contributed by atoms with E-state index in [9.17, 15) is 0 Å². The lowest BCUT2D eigenvalue weighted by atomic mass is 10.1. The summed E-state index contributed by atoms with van der Waals surface area (Å²) in [5, 5.41) is 0.755. The van der Waals surface area contributed by atoms with Crippen molar-refractivity contribution in [1.29, 1.82) is 0 Å². The van der Waals surface area contributed by atoms with Crippen LogP contribution >= 0.6 is 11.6 Å². The molecule has 0 aliphatic rings. The Balaban J connectivity index is 1.50. The third-order valence-corrected chi connectivity index (χ3v) is 5.44. The lowest BCUT2D eigenvalue weighted by Gasteiger charge is -2.13. The number of para-hydroxylation sites is 3. The van der Waals surface area contributed by atoms with Crippen LogP contribution in [0.2, 0.25) is 5.02 Å². The first-order chi connectivity index (χ1) is 14.1. The number of hydrogen-bond acceptors (Lipinski definition) is 2. The van der Waals surface area contributed by atoms with Crippen LogP contribution in [0.1, 0.15) is 28.9 Å². The highest BCUT2D eigenvalue weighted by Crippen LogP contribution is 2.23. The number of halogens is 1. The summed E-state index contributed by atoms with van der Waals surface area (Å²) < 4.78 is 8.42. The van der Waals surface area contributed by atoms with Crippen molar-refractivity contribution >= 4 is 22.6 Å². The highest BCUT2D eigenvalue weighted by Gasteiger charge is 2.11. The predicted molar refractivity (Wildman–Crippen MR) is 120 cm³/mol. The Morgan fingerprint density at radius 3 is 2.38 bits per heavy atom. The SMILES string of the molecule is Cc1cccc(C)c1OCCCn1c(Cc2ccc(Cl)cc2)nc2ccccc21. The Labute approximate surface area is 176 Å². The first kappa shape index (κ1) is 19.5. The van der Waals surface area contributed by atoms with Crippen LogP contribution in [0.25, 0.3) is 11.0 Å². The highest BCUT2D eigenvalue weighted by atomic mass is 35.5. The van der Waals surface area contributed by atoms with E-state index >= 15 is 0 Å². The van der Waals surface area contributed by atoms with Crippen molar-refractivity contribution in [2.45, 2.75) is 33.2 Å². The fourth-order valence-electron chi connectivity index (χ4n) is 3.72. The van der Waals surface area contributed by atoms with E-state index in [1.54, 1.807) is 0 Å². The molecule has 0 atom stereocenters. The molecule has 148 valence electrons. The molecule has 29 heavy (non-hydrogen) atoms. The van der Waals surface area contributed by atoms with E-state index in [1.807, 2.05) is 18.2 Å². The van der Waals surface area contributed by atoms with Gasteiger partial charge in [-0.3, -0.25) is 0 Å². The number of imidazole rings is 1. The zero-order chi connectivity index (χ0) is 20.2. The van der Waals surface area contributed by atoms with Gasteiger partial charge in [0.15, 0.2) is 0 Å². The Morgan fingerprint density at radius 1 is 0.897 bits per heavy atom. The average Bonchev–Trinajstić information content (AvgIpc) is 3.06. The second-order valence-corrected chi connectivity index (χ2v) is 7.83. The molecule has 0 aliphatic carbocycles. The van der Waals surface area contributed by atoms with Gasteiger partial charge < -0.3 is 9.30 Å². The van der Waals surface area contributed by atoms with Crippen LogP contribution in [-0.2, 0) is 13.0 Å². The van der Waals surface area contributed by atoms with Gasteiger partial charge in [0.05, 0.1) is 17.6 Å². The van der Waals surface area contributed by atoms with E-state index in [1.165, 1.54) is 22.2 Å². The maximum absolute atomic E-state index is 6.10. The van der Waals surface area contributed by atoms with Crippen molar-refractivity contribution < 1.29 is 4.74 Å². The number of rotatable bonds is 7. The molecule has 0 fully saturated rings. The maximum atomic E-state index is 6.10. The van der Waals surface area contributed by atoms with Crippen molar-refractivity contribution in [1.82, 2.24) is 9.55 Å². The van der Waals surface area contributed by atoms with Gasteiger partial charge >= 0.3 is 0 Å². The molecule has 0 bridgehead atoms. The zero-order valence-corrected chi connectivity index (χ0v) is 17.6. The molecule has 3 nitrogen and oxygen atoms in total. The Morgan fingerprint density at radius 2 is 1.62 bits per heavy atom. The lowest BCUT2D eigenvalue weighted by Crippen LogP contribution is -2.09. The minimum Gasteiger partial charge on any atom is -0.493 e. The number of benzene rings is 3. The number of aromatic nitrogens is 2. The Kier molecular flexibility index (Phi) is 5.86. The minimum atomic E-state index is 0.679. The number of aryl methyl sites for hydroxylation is 3. The molecule has 1 heterocycles. The van der Waals surface area contributed by atoms with Gasteiger partial charge in [0, 0.05) is 18.0 Å². The van der Waals surface area contributed by atoms with Gasteiger partial charge in [0.25, 0.3) is 0 Å². The van der Waals surface area contributed by atoms with Crippen molar-refractivity contribution in [3.63, 3.8) is 0 Å². The standard InChI is InChI=1S/C25H25ClN2O/c1-18-7-5-8-19(2)25(18)29-16-6-15-28-23-10-4-3-9-22(23)27-24(28)17-20-11-13-21(26)14-12-20/h3-5,7-14H,6,15-17H2,1-2H3. The third kappa shape index (κ3) is 4.46. The molecule has 0 spiro atoms. The molecule has 0 aliphatic heterocycles. The average molecular weight is 405 g/mol. The Hall–Kier alpha value is -2.78. The molecule has 4 heteroatoms. The predicted octanol–water partition coefficient (Wildman–Crippen LogP) is 6.37. The molecule has 0 amide bonds. The number of nitrogens with zero attached hydrogens (tertiary/aromatic N) is 2. The van der Waals surface area contributed by atoms with Crippen molar-refractivity contribution in [3.8, 4) is 5.75 Å². The quantitative estimate of drug-likeness (QED) is 0.335. The van der Waals surface area contributed by atoms with Crippen LogP contribution in [0.3, 0.4) is 0 Å². The number of hydrogen-bond donors (Lipinski definition) is 0. The van der Waals surface area contributed by atoms with Crippen LogP contribution in [-0.4, -0.2) is 16.2 Å². The summed E-state index contributed by atoms with van der Waals surface area (Å²) >= 11 is 6.03. The van der Waals surface area contributed by atoms with Gasteiger partial charge in [0.2, 0.25) is 0 Å². The molecule has 0 unspecified atom stereocenters. The van der Waals surface area contributed by atoms with Gasteiger partial charge in [0.1, 0.15) is 11.6 Å². The summed E-state index contributed by atoms with van der Waals surface area (Å²) in [5.41, 5.74) is 5.77. The maximum Gasteiger partial charge on any atom is 0.125 e. The van der Waals surface area contributed by atoms with Crippen LogP contribution in [0.15, 0.2) is 66.7 Å². The van der Waals surface area contributed by atoms with E-state index in [2.05, 4.69) is 66.9 Å². The molecule has 0 N–H and O–H groups in total. The fraction of sp³-hybridized carbons (Fsp3) is 0.240. The summed E-state index contributed by atoms with van der Waals surface area (Å²) in [6, 6.07) is 22.6. The second-order valence-electron chi connectivity index (χ2n) is 7.39. The normalized spacial score (nSPS) is 11.1. The van der Waals surface area contributed by atoms with Crippen molar-refractivity contribution in [3.05, 3.63) is 94.3 Å². The first-order valence-corrected chi connectivity index (χ1v) is 10.4. The van der Waals surface area contributed by atoms with E-state index in [-0.39, 0.29) is 0 Å². The topological polar surface area (TPSA) is 27.1 Å². The van der Waals surface area contributed by atoms with Crippen LogP contribution in [0, 0.1) is 13.8 Å². The number of ether oxygens (including phenoxy) is 1. The molecule has 0 saturated carbocycles. The summed E-state index contributed by atoms with van der Waals surface area (Å²) in [6.45, 7) is 5.73. The van der Waals surface area contributed by atoms with Gasteiger partial charge in [-0.05, 0) is 61.2 Å². The van der Waals surface area contributed by atoms with E-state index in [0.717, 1.165) is 41.5 Å². The smallest absolute Gasteiger partial charge is 0.125 e. The summed E-state index contributed by atoms with van der Waals surface area (Å²) in [5.74, 6) is 2.07. The molecule has 1 aromatic heterocycles. The van der Waals surface area contributed by atoms with Gasteiger partial charge in [-0.15, -0.1) is 0 Å². The van der Waals surface area contributed by atoms with Crippen molar-refractivity contribution in [2.24, 2.45) is 0 Å². The monoisotopic (exact) mass is 404 g/mol. The van der Waals surface area contributed by atoms with E-state index in [0.29, 0.717) is 6.61 Å².